The summed E-state index contributed by atoms with van der Waals surface area (Å²) in [6, 6.07) is 15.0. The molecule has 2 atom stereocenters. The van der Waals surface area contributed by atoms with Crippen molar-refractivity contribution in [2.75, 3.05) is 11.1 Å². The number of nitrogens with zero attached hydrogens (tertiary/aromatic N) is 1. The summed E-state index contributed by atoms with van der Waals surface area (Å²) in [7, 11) is 0. The van der Waals surface area contributed by atoms with Gasteiger partial charge in [0.2, 0.25) is 11.8 Å². The van der Waals surface area contributed by atoms with Gasteiger partial charge in [0, 0.05) is 22.9 Å². The van der Waals surface area contributed by atoms with E-state index in [1.165, 1.54) is 0 Å². The predicted molar refractivity (Wildman–Crippen MR) is 105 cm³/mol. The number of nitrogens with one attached hydrogen (secondary N) is 1. The number of fused-ring (bicyclic) bond motifs is 1. The van der Waals surface area contributed by atoms with Crippen LogP contribution in [0, 0.1) is 6.92 Å². The third kappa shape index (κ3) is 2.79. The molecule has 0 aliphatic carbocycles. The average Bonchev–Trinajstić information content (AvgIpc) is 3.18. The van der Waals surface area contributed by atoms with E-state index in [-0.39, 0.29) is 11.8 Å². The van der Waals surface area contributed by atoms with Crippen molar-refractivity contribution in [2.24, 2.45) is 0 Å². The van der Waals surface area contributed by atoms with Gasteiger partial charge in [-0.3, -0.25) is 9.59 Å². The lowest BCUT2D eigenvalue weighted by Gasteiger charge is -2.34. The topological polar surface area (TPSA) is 49.4 Å². The second kappa shape index (κ2) is 6.63. The standard InChI is InChI=1S/C20H19ClN2O2S/c1-13-7-8-15(11-16(13)21)22-19(25)17-12-26-20(10-9-18(24)23(17)20)14-5-3-2-4-6-14/h2-8,11,17H,9-10,12H2,1H3,(H,22,25)/t17-,20-/m1/s1. The zero-order valence-corrected chi connectivity index (χ0v) is 15.9. The van der Waals surface area contributed by atoms with E-state index in [1.807, 2.05) is 49.4 Å². The molecule has 0 unspecified atom stereocenters. The molecule has 2 fully saturated rings. The van der Waals surface area contributed by atoms with Crippen molar-refractivity contribution in [2.45, 2.75) is 30.7 Å². The normalized spacial score (nSPS) is 24.6. The van der Waals surface area contributed by atoms with Crippen molar-refractivity contribution < 1.29 is 9.59 Å². The monoisotopic (exact) mass is 386 g/mol. The number of hydrogen-bond donors (Lipinski definition) is 1. The highest BCUT2D eigenvalue weighted by molar-refractivity contribution is 8.00. The minimum absolute atomic E-state index is 0.0425. The summed E-state index contributed by atoms with van der Waals surface area (Å²) in [5.74, 6) is 0.470. The minimum Gasteiger partial charge on any atom is -0.324 e. The van der Waals surface area contributed by atoms with Gasteiger partial charge in [-0.2, -0.15) is 0 Å². The Balaban J connectivity index is 1.60. The molecule has 134 valence electrons. The number of carbonyl (C=O) groups excluding carboxylic acids is 2. The van der Waals surface area contributed by atoms with Gasteiger partial charge < -0.3 is 10.2 Å². The number of benzene rings is 2. The first-order chi connectivity index (χ1) is 12.5. The van der Waals surface area contributed by atoms with Crippen LogP contribution < -0.4 is 5.32 Å². The van der Waals surface area contributed by atoms with E-state index < -0.39 is 10.9 Å². The fourth-order valence-electron chi connectivity index (χ4n) is 3.73. The molecule has 26 heavy (non-hydrogen) atoms. The molecule has 2 heterocycles. The summed E-state index contributed by atoms with van der Waals surface area (Å²) >= 11 is 7.84. The zero-order chi connectivity index (χ0) is 18.3. The van der Waals surface area contributed by atoms with E-state index in [4.69, 9.17) is 11.6 Å². The van der Waals surface area contributed by atoms with E-state index in [0.29, 0.717) is 22.9 Å². The van der Waals surface area contributed by atoms with E-state index in [1.54, 1.807) is 22.7 Å². The van der Waals surface area contributed by atoms with Gasteiger partial charge in [-0.1, -0.05) is 48.0 Å². The van der Waals surface area contributed by atoms with E-state index in [0.717, 1.165) is 17.5 Å². The van der Waals surface area contributed by atoms with E-state index >= 15 is 0 Å². The van der Waals surface area contributed by atoms with Gasteiger partial charge in [-0.05, 0) is 36.6 Å². The molecule has 2 aromatic carbocycles. The SMILES string of the molecule is Cc1ccc(NC(=O)[C@H]2CS[C@@]3(c4ccccc4)CCC(=O)N23)cc1Cl. The van der Waals surface area contributed by atoms with Crippen molar-refractivity contribution >= 4 is 40.9 Å². The Morgan fingerprint density at radius 3 is 2.77 bits per heavy atom. The second-order valence-electron chi connectivity index (χ2n) is 6.69. The molecule has 1 N–H and O–H groups in total. The molecule has 2 saturated heterocycles. The Morgan fingerprint density at radius 1 is 1.27 bits per heavy atom. The van der Waals surface area contributed by atoms with Gasteiger partial charge >= 0.3 is 0 Å². The Labute approximate surface area is 161 Å². The van der Waals surface area contributed by atoms with Crippen LogP contribution in [-0.4, -0.2) is 28.5 Å². The number of halogens is 1. The maximum atomic E-state index is 12.9. The van der Waals surface area contributed by atoms with Crippen LogP contribution in [0.3, 0.4) is 0 Å². The third-order valence-corrected chi connectivity index (χ3v) is 7.10. The Morgan fingerprint density at radius 2 is 2.04 bits per heavy atom. The zero-order valence-electron chi connectivity index (χ0n) is 14.4. The molecule has 2 aromatic rings. The summed E-state index contributed by atoms with van der Waals surface area (Å²) in [4.78, 5) is 26.9. The fourth-order valence-corrected chi connectivity index (χ4v) is 5.56. The highest BCUT2D eigenvalue weighted by Gasteiger charge is 2.56. The maximum Gasteiger partial charge on any atom is 0.248 e. The molecule has 2 aliphatic rings. The third-order valence-electron chi connectivity index (χ3n) is 5.09. The van der Waals surface area contributed by atoms with Gasteiger partial charge in [0.1, 0.15) is 10.9 Å². The number of thioether (sulfide) groups is 1. The predicted octanol–water partition coefficient (Wildman–Crippen LogP) is 4.18. The molecule has 0 saturated carbocycles. The Kier molecular flexibility index (Phi) is 4.45. The Bertz CT molecular complexity index is 873. The first kappa shape index (κ1) is 17.4. The molecular weight excluding hydrogens is 368 g/mol. The van der Waals surface area contributed by atoms with Gasteiger partial charge in [-0.15, -0.1) is 11.8 Å². The van der Waals surface area contributed by atoms with Crippen LogP contribution in [0.15, 0.2) is 48.5 Å². The van der Waals surface area contributed by atoms with Crippen LogP contribution in [0.1, 0.15) is 24.0 Å². The Hall–Kier alpha value is -1.98. The summed E-state index contributed by atoms with van der Waals surface area (Å²) in [5.41, 5.74) is 2.70. The molecule has 4 nitrogen and oxygen atoms in total. The van der Waals surface area contributed by atoms with Crippen molar-refractivity contribution in [3.05, 3.63) is 64.7 Å². The molecule has 0 aromatic heterocycles. The lowest BCUT2D eigenvalue weighted by atomic mass is 10.0. The minimum atomic E-state index is -0.477. The number of rotatable bonds is 3. The van der Waals surface area contributed by atoms with Crippen molar-refractivity contribution in [1.82, 2.24) is 4.90 Å². The molecule has 6 heteroatoms. The number of anilines is 1. The molecule has 2 aliphatic heterocycles. The lowest BCUT2D eigenvalue weighted by Crippen LogP contribution is -2.48. The summed E-state index contributed by atoms with van der Waals surface area (Å²) in [6.45, 7) is 1.92. The number of amides is 2. The quantitative estimate of drug-likeness (QED) is 0.860. The lowest BCUT2D eigenvalue weighted by molar-refractivity contribution is -0.136. The summed E-state index contributed by atoms with van der Waals surface area (Å²) in [6.07, 6.45) is 1.21. The average molecular weight is 387 g/mol. The smallest absolute Gasteiger partial charge is 0.248 e. The largest absolute Gasteiger partial charge is 0.324 e. The van der Waals surface area contributed by atoms with Crippen LogP contribution in [0.4, 0.5) is 5.69 Å². The van der Waals surface area contributed by atoms with Crippen LogP contribution in [-0.2, 0) is 14.5 Å². The van der Waals surface area contributed by atoms with Crippen molar-refractivity contribution in [3.8, 4) is 0 Å². The number of hydrogen-bond acceptors (Lipinski definition) is 3. The van der Waals surface area contributed by atoms with Crippen LogP contribution in [0.5, 0.6) is 0 Å². The highest BCUT2D eigenvalue weighted by Crippen LogP contribution is 2.54. The molecule has 0 bridgehead atoms. The van der Waals surface area contributed by atoms with Gasteiger partial charge in [-0.25, -0.2) is 0 Å². The van der Waals surface area contributed by atoms with Gasteiger partial charge in [0.05, 0.1) is 0 Å². The van der Waals surface area contributed by atoms with E-state index in [2.05, 4.69) is 5.32 Å². The van der Waals surface area contributed by atoms with Crippen LogP contribution >= 0.6 is 23.4 Å². The van der Waals surface area contributed by atoms with Crippen LogP contribution in [0.2, 0.25) is 5.02 Å². The summed E-state index contributed by atoms with van der Waals surface area (Å²) in [5, 5.41) is 3.53. The molecule has 0 spiro atoms. The van der Waals surface area contributed by atoms with Gasteiger partial charge in [0.15, 0.2) is 0 Å². The second-order valence-corrected chi connectivity index (χ2v) is 8.40. The molecular formula is C20H19ClN2O2S. The number of carbonyl (C=O) groups is 2. The van der Waals surface area contributed by atoms with Crippen LogP contribution in [0.25, 0.3) is 0 Å². The number of aryl methyl sites for hydroxylation is 1. The molecule has 0 radical (unpaired) electrons. The first-order valence-electron chi connectivity index (χ1n) is 8.60. The van der Waals surface area contributed by atoms with Crippen molar-refractivity contribution in [1.29, 1.82) is 0 Å². The van der Waals surface area contributed by atoms with Crippen molar-refractivity contribution in [3.63, 3.8) is 0 Å². The van der Waals surface area contributed by atoms with E-state index in [9.17, 15) is 9.59 Å². The fraction of sp³-hybridized carbons (Fsp3) is 0.300. The molecule has 4 rings (SSSR count). The maximum absolute atomic E-state index is 12.9. The first-order valence-corrected chi connectivity index (χ1v) is 9.96. The summed E-state index contributed by atoms with van der Waals surface area (Å²) < 4.78 is 0. The van der Waals surface area contributed by atoms with Gasteiger partial charge in [0.25, 0.3) is 0 Å². The highest BCUT2D eigenvalue weighted by atomic mass is 35.5. The molecule has 2 amide bonds.